The first kappa shape index (κ1) is 26.0. The first-order valence-electron chi connectivity index (χ1n) is 13.6. The number of benzene rings is 2. The first-order valence-corrected chi connectivity index (χ1v) is 15.0. The van der Waals surface area contributed by atoms with Crippen LogP contribution in [0.3, 0.4) is 0 Å². The maximum absolute atomic E-state index is 14.2. The summed E-state index contributed by atoms with van der Waals surface area (Å²) in [5, 5.41) is 11.2. The maximum atomic E-state index is 14.2. The topological polar surface area (TPSA) is 79.3 Å². The van der Waals surface area contributed by atoms with Gasteiger partial charge in [-0.25, -0.2) is 8.42 Å². The molecule has 3 aliphatic heterocycles. The van der Waals surface area contributed by atoms with Crippen LogP contribution in [0.25, 0.3) is 0 Å². The van der Waals surface area contributed by atoms with Crippen molar-refractivity contribution in [3.63, 3.8) is 0 Å². The molecule has 0 radical (unpaired) electrons. The van der Waals surface area contributed by atoms with Gasteiger partial charge in [0.25, 0.3) is 0 Å². The highest BCUT2D eigenvalue weighted by atomic mass is 32.2. The molecule has 3 saturated heterocycles. The summed E-state index contributed by atoms with van der Waals surface area (Å²) in [6.45, 7) is 8.67. The van der Waals surface area contributed by atoms with Gasteiger partial charge in [-0.1, -0.05) is 55.8 Å². The molecule has 6 atom stereocenters. The molecule has 1 aliphatic carbocycles. The average Bonchev–Trinajstić information content (AvgIpc) is 3.32. The molecule has 3 fully saturated rings. The van der Waals surface area contributed by atoms with Crippen LogP contribution in [0, 0.1) is 24.7 Å². The van der Waals surface area contributed by atoms with Crippen molar-refractivity contribution in [2.75, 3.05) is 33.3 Å². The van der Waals surface area contributed by atoms with E-state index in [1.165, 1.54) is 5.56 Å². The summed E-state index contributed by atoms with van der Waals surface area (Å²) < 4.78 is 42.2. The van der Waals surface area contributed by atoms with Crippen LogP contribution < -0.4 is 4.74 Å². The van der Waals surface area contributed by atoms with Crippen LogP contribution in [0.1, 0.15) is 25.0 Å². The van der Waals surface area contributed by atoms with Crippen molar-refractivity contribution < 1.29 is 23.0 Å². The quantitative estimate of drug-likeness (QED) is 0.546. The minimum absolute atomic E-state index is 0.00838. The third-order valence-electron chi connectivity index (χ3n) is 9.40. The summed E-state index contributed by atoms with van der Waals surface area (Å²) in [6, 6.07) is 15.3. The van der Waals surface area contributed by atoms with Crippen molar-refractivity contribution in [1.82, 2.24) is 9.21 Å². The number of hydrogen-bond acceptors (Lipinski definition) is 6. The number of rotatable bonds is 7. The molecule has 38 heavy (non-hydrogen) atoms. The lowest BCUT2D eigenvalue weighted by molar-refractivity contribution is -0.115. The summed E-state index contributed by atoms with van der Waals surface area (Å²) in [4.78, 5) is 2.72. The Labute approximate surface area is 226 Å². The molecule has 0 aromatic heterocycles. The lowest BCUT2D eigenvalue weighted by Crippen LogP contribution is -2.58. The molecule has 4 aliphatic rings. The number of hydrogen-bond donors (Lipinski definition) is 1. The van der Waals surface area contributed by atoms with Crippen molar-refractivity contribution in [2.45, 2.75) is 55.4 Å². The van der Waals surface area contributed by atoms with Crippen LogP contribution >= 0.6 is 0 Å². The van der Waals surface area contributed by atoms with Crippen LogP contribution in [0.2, 0.25) is 0 Å². The molecule has 2 aromatic carbocycles. The number of likely N-dealkylation sites (tertiary alicyclic amines) is 1. The summed E-state index contributed by atoms with van der Waals surface area (Å²) in [5.74, 6) is 0.584. The van der Waals surface area contributed by atoms with E-state index in [2.05, 4.69) is 30.9 Å². The van der Waals surface area contributed by atoms with Crippen LogP contribution in [0.15, 0.2) is 65.6 Å². The van der Waals surface area contributed by atoms with Crippen molar-refractivity contribution in [1.29, 1.82) is 0 Å². The second kappa shape index (κ2) is 9.17. The van der Waals surface area contributed by atoms with Crippen LogP contribution in [0.4, 0.5) is 0 Å². The number of methoxy groups -OCH3 is 1. The van der Waals surface area contributed by atoms with Gasteiger partial charge in [0.2, 0.25) is 10.0 Å². The molecule has 6 rings (SSSR count). The van der Waals surface area contributed by atoms with Gasteiger partial charge in [-0.2, -0.15) is 4.31 Å². The zero-order chi connectivity index (χ0) is 26.9. The third-order valence-corrected chi connectivity index (χ3v) is 11.3. The van der Waals surface area contributed by atoms with Gasteiger partial charge in [0.1, 0.15) is 11.4 Å². The molecular weight excluding hydrogens is 500 g/mol. The molecule has 0 amide bonds. The van der Waals surface area contributed by atoms with Gasteiger partial charge < -0.3 is 14.6 Å². The molecule has 3 heterocycles. The molecule has 0 unspecified atom stereocenters. The SMILES string of the molecule is COc1ccc(CCN2C[C@H]3O[C@]4(C2)CN(S(=O)(=O)c2ccc(C)cc2)[C@]2(C(C)C)C=C[C@H](O)[C@H]3[C@H]42)cc1. The smallest absolute Gasteiger partial charge is 0.243 e. The molecule has 8 heteroatoms. The van der Waals surface area contributed by atoms with Crippen molar-refractivity contribution in [3.8, 4) is 5.75 Å². The number of ether oxygens (including phenoxy) is 2. The van der Waals surface area contributed by atoms with Gasteiger partial charge >= 0.3 is 0 Å². The Bertz CT molecular complexity index is 1330. The third kappa shape index (κ3) is 3.79. The minimum Gasteiger partial charge on any atom is -0.497 e. The summed E-state index contributed by atoms with van der Waals surface area (Å²) >= 11 is 0. The van der Waals surface area contributed by atoms with E-state index in [9.17, 15) is 13.5 Å². The highest BCUT2D eigenvalue weighted by Crippen LogP contribution is 2.62. The molecule has 204 valence electrons. The van der Waals surface area contributed by atoms with Gasteiger partial charge in [0, 0.05) is 38.0 Å². The van der Waals surface area contributed by atoms with E-state index in [4.69, 9.17) is 9.47 Å². The molecule has 1 N–H and O–H groups in total. The van der Waals surface area contributed by atoms with E-state index in [1.807, 2.05) is 43.3 Å². The Balaban J connectivity index is 1.35. The predicted octanol–water partition coefficient (Wildman–Crippen LogP) is 3.26. The highest BCUT2D eigenvalue weighted by molar-refractivity contribution is 7.89. The van der Waals surface area contributed by atoms with E-state index < -0.39 is 27.3 Å². The zero-order valence-corrected chi connectivity index (χ0v) is 23.4. The van der Waals surface area contributed by atoms with Gasteiger partial charge in [-0.15, -0.1) is 0 Å². The normalized spacial score (nSPS) is 34.6. The minimum atomic E-state index is -3.80. The van der Waals surface area contributed by atoms with Crippen LogP contribution in [-0.4, -0.2) is 79.4 Å². The van der Waals surface area contributed by atoms with E-state index in [0.717, 1.165) is 30.8 Å². The molecule has 2 aromatic rings. The maximum Gasteiger partial charge on any atom is 0.243 e. The highest BCUT2D eigenvalue weighted by Gasteiger charge is 2.75. The van der Waals surface area contributed by atoms with Gasteiger partial charge in [0.05, 0.1) is 29.8 Å². The number of morpholine rings is 1. The summed E-state index contributed by atoms with van der Waals surface area (Å²) in [5.41, 5.74) is 0.828. The monoisotopic (exact) mass is 538 g/mol. The van der Waals surface area contributed by atoms with Gasteiger partial charge in [0.15, 0.2) is 0 Å². The molecule has 0 saturated carbocycles. The molecule has 7 nitrogen and oxygen atoms in total. The first-order chi connectivity index (χ1) is 18.1. The fourth-order valence-corrected chi connectivity index (χ4v) is 9.59. The number of fused-ring (bicyclic) bond motifs is 2. The summed E-state index contributed by atoms with van der Waals surface area (Å²) in [7, 11) is -2.13. The number of aliphatic hydroxyl groups excluding tert-OH is 1. The van der Waals surface area contributed by atoms with Crippen LogP contribution in [-0.2, 0) is 21.2 Å². The number of aryl methyl sites for hydroxylation is 1. The number of sulfonamides is 1. The Morgan fingerprint density at radius 1 is 1.11 bits per heavy atom. The van der Waals surface area contributed by atoms with E-state index in [1.54, 1.807) is 23.5 Å². The lowest BCUT2D eigenvalue weighted by atomic mass is 9.62. The Hall–Kier alpha value is -2.23. The van der Waals surface area contributed by atoms with Gasteiger partial charge in [-0.3, -0.25) is 4.90 Å². The fourth-order valence-electron chi connectivity index (χ4n) is 7.67. The van der Waals surface area contributed by atoms with Crippen molar-refractivity contribution in [2.24, 2.45) is 17.8 Å². The zero-order valence-electron chi connectivity index (χ0n) is 22.6. The van der Waals surface area contributed by atoms with Crippen molar-refractivity contribution in [3.05, 3.63) is 71.8 Å². The number of nitrogens with zero attached hydrogens (tertiary/aromatic N) is 2. The molecular formula is C30H38N2O5S. The second-order valence-electron chi connectivity index (χ2n) is 11.8. The predicted molar refractivity (Wildman–Crippen MR) is 146 cm³/mol. The molecule has 1 spiro atoms. The molecule has 2 bridgehead atoms. The second-order valence-corrected chi connectivity index (χ2v) is 13.7. The largest absolute Gasteiger partial charge is 0.497 e. The summed E-state index contributed by atoms with van der Waals surface area (Å²) in [6.07, 6.45) is 3.90. The van der Waals surface area contributed by atoms with E-state index >= 15 is 0 Å². The fraction of sp³-hybridized carbons (Fsp3) is 0.533. The van der Waals surface area contributed by atoms with Crippen molar-refractivity contribution >= 4 is 10.0 Å². The average molecular weight is 539 g/mol. The van der Waals surface area contributed by atoms with E-state index in [0.29, 0.717) is 11.4 Å². The Morgan fingerprint density at radius 2 is 1.82 bits per heavy atom. The lowest BCUT2D eigenvalue weighted by Gasteiger charge is -2.47. The van der Waals surface area contributed by atoms with Gasteiger partial charge in [-0.05, 0) is 49.1 Å². The van der Waals surface area contributed by atoms with Crippen LogP contribution in [0.5, 0.6) is 5.75 Å². The van der Waals surface area contributed by atoms with E-state index in [-0.39, 0.29) is 30.4 Å². The Kier molecular flexibility index (Phi) is 6.28. The standard InChI is InChI=1S/C30H38N2O5S/c1-20(2)30-15-13-25(33)27-26-17-31(16-14-22-7-9-23(36-4)10-8-22)18-29(37-26,28(27)30)19-32(30)38(34,35)24-11-5-21(3)6-12-24/h5-13,15,20,25-28,33H,14,16-19H2,1-4H3/t25-,26+,27+,28+,29+,30-/m0/s1. The Morgan fingerprint density at radius 3 is 2.47 bits per heavy atom. The number of aliphatic hydroxyl groups is 1.